The van der Waals surface area contributed by atoms with Crippen LogP contribution < -0.4 is 5.32 Å². The zero-order valence-electron chi connectivity index (χ0n) is 12.0. The zero-order valence-corrected chi connectivity index (χ0v) is 12.0. The van der Waals surface area contributed by atoms with E-state index in [1.54, 1.807) is 11.9 Å². The highest BCUT2D eigenvalue weighted by molar-refractivity contribution is 5.74. The molecule has 0 saturated heterocycles. The maximum absolute atomic E-state index is 12.0. The van der Waals surface area contributed by atoms with E-state index in [9.17, 15) is 9.59 Å². The van der Waals surface area contributed by atoms with E-state index in [0.29, 0.717) is 18.9 Å². The smallest absolute Gasteiger partial charge is 0.317 e. The number of carbonyl (C=O) groups is 2. The Morgan fingerprint density at radius 1 is 1.26 bits per heavy atom. The minimum atomic E-state index is -0.814. The Morgan fingerprint density at radius 2 is 1.95 bits per heavy atom. The van der Waals surface area contributed by atoms with E-state index >= 15 is 0 Å². The van der Waals surface area contributed by atoms with Crippen LogP contribution in [-0.2, 0) is 4.79 Å². The van der Waals surface area contributed by atoms with Crippen LogP contribution in [0.3, 0.4) is 0 Å². The molecule has 2 unspecified atom stereocenters. The van der Waals surface area contributed by atoms with Gasteiger partial charge in [0.1, 0.15) is 0 Å². The van der Waals surface area contributed by atoms with E-state index in [1.807, 2.05) is 0 Å². The molecule has 1 aliphatic rings. The van der Waals surface area contributed by atoms with E-state index in [2.05, 4.69) is 12.2 Å². The summed E-state index contributed by atoms with van der Waals surface area (Å²) in [5.74, 6) is -0.287. The first kappa shape index (κ1) is 15.8. The number of carboxylic acids is 1. The number of hydrogen-bond acceptors (Lipinski definition) is 2. The molecule has 2 N–H and O–H groups in total. The van der Waals surface area contributed by atoms with Crippen molar-refractivity contribution >= 4 is 12.0 Å². The van der Waals surface area contributed by atoms with Crippen LogP contribution in [0, 0.1) is 5.92 Å². The van der Waals surface area contributed by atoms with Gasteiger partial charge < -0.3 is 15.3 Å². The molecule has 2 amide bonds. The average Bonchev–Trinajstić information content (AvgIpc) is 2.54. The monoisotopic (exact) mass is 270 g/mol. The SMILES string of the molecule is CC1CCCCCC1NC(=O)N(C)CCCC(=O)O. The predicted molar refractivity (Wildman–Crippen MR) is 74.1 cm³/mol. The molecule has 0 radical (unpaired) electrons. The zero-order chi connectivity index (χ0) is 14.3. The van der Waals surface area contributed by atoms with Gasteiger partial charge in [0, 0.05) is 26.1 Å². The summed E-state index contributed by atoms with van der Waals surface area (Å²) >= 11 is 0. The molecule has 19 heavy (non-hydrogen) atoms. The molecule has 0 aromatic heterocycles. The van der Waals surface area contributed by atoms with E-state index in [1.165, 1.54) is 25.7 Å². The summed E-state index contributed by atoms with van der Waals surface area (Å²) in [6.07, 6.45) is 6.52. The first-order valence-electron chi connectivity index (χ1n) is 7.24. The van der Waals surface area contributed by atoms with Crippen LogP contribution in [0.25, 0.3) is 0 Å². The fourth-order valence-electron chi connectivity index (χ4n) is 2.55. The second-order valence-electron chi connectivity index (χ2n) is 5.59. The highest BCUT2D eigenvalue weighted by Crippen LogP contribution is 2.23. The molecule has 0 aromatic carbocycles. The number of carbonyl (C=O) groups excluding carboxylic acids is 1. The summed E-state index contributed by atoms with van der Waals surface area (Å²) in [6, 6.07) is 0.182. The van der Waals surface area contributed by atoms with Crippen molar-refractivity contribution in [2.75, 3.05) is 13.6 Å². The van der Waals surface area contributed by atoms with Gasteiger partial charge in [0.05, 0.1) is 0 Å². The highest BCUT2D eigenvalue weighted by atomic mass is 16.4. The van der Waals surface area contributed by atoms with Crippen molar-refractivity contribution in [3.8, 4) is 0 Å². The topological polar surface area (TPSA) is 69.6 Å². The Labute approximate surface area is 115 Å². The largest absolute Gasteiger partial charge is 0.481 e. The van der Waals surface area contributed by atoms with Crippen molar-refractivity contribution in [2.24, 2.45) is 5.92 Å². The maximum atomic E-state index is 12.0. The van der Waals surface area contributed by atoms with Crippen molar-refractivity contribution < 1.29 is 14.7 Å². The molecule has 1 saturated carbocycles. The third-order valence-corrected chi connectivity index (χ3v) is 3.90. The molecule has 1 fully saturated rings. The lowest BCUT2D eigenvalue weighted by Crippen LogP contribution is -2.45. The van der Waals surface area contributed by atoms with Crippen LogP contribution in [0.5, 0.6) is 0 Å². The van der Waals surface area contributed by atoms with Gasteiger partial charge in [-0.25, -0.2) is 4.79 Å². The van der Waals surface area contributed by atoms with Crippen molar-refractivity contribution in [3.05, 3.63) is 0 Å². The molecule has 110 valence electrons. The van der Waals surface area contributed by atoms with E-state index < -0.39 is 5.97 Å². The van der Waals surface area contributed by atoms with Crippen LogP contribution in [0.4, 0.5) is 4.79 Å². The molecule has 1 rings (SSSR count). The predicted octanol–water partition coefficient (Wildman–Crippen LogP) is 2.46. The van der Waals surface area contributed by atoms with Gasteiger partial charge in [-0.2, -0.15) is 0 Å². The van der Waals surface area contributed by atoms with Gasteiger partial charge in [-0.3, -0.25) is 4.79 Å². The molecule has 0 aromatic rings. The number of nitrogens with zero attached hydrogens (tertiary/aromatic N) is 1. The lowest BCUT2D eigenvalue weighted by Gasteiger charge is -2.26. The normalized spacial score (nSPS) is 23.5. The quantitative estimate of drug-likeness (QED) is 0.754. The number of urea groups is 1. The molecule has 0 heterocycles. The van der Waals surface area contributed by atoms with Gasteiger partial charge in [0.25, 0.3) is 0 Å². The van der Waals surface area contributed by atoms with Crippen LogP contribution in [0.2, 0.25) is 0 Å². The van der Waals surface area contributed by atoms with Crippen molar-refractivity contribution in [1.82, 2.24) is 10.2 Å². The van der Waals surface area contributed by atoms with E-state index in [-0.39, 0.29) is 18.5 Å². The molecular formula is C14H26N2O3. The van der Waals surface area contributed by atoms with Crippen molar-refractivity contribution in [1.29, 1.82) is 0 Å². The highest BCUT2D eigenvalue weighted by Gasteiger charge is 2.22. The third-order valence-electron chi connectivity index (χ3n) is 3.90. The number of aliphatic carboxylic acids is 1. The first-order chi connectivity index (χ1) is 9.00. The summed E-state index contributed by atoms with van der Waals surface area (Å²) in [5.41, 5.74) is 0. The van der Waals surface area contributed by atoms with Crippen LogP contribution in [-0.4, -0.2) is 41.6 Å². The number of rotatable bonds is 5. The van der Waals surface area contributed by atoms with Gasteiger partial charge in [-0.15, -0.1) is 0 Å². The first-order valence-corrected chi connectivity index (χ1v) is 7.24. The standard InChI is InChI=1S/C14H26N2O3/c1-11-7-4-3-5-8-12(11)15-14(19)16(2)10-6-9-13(17)18/h11-12H,3-10H2,1-2H3,(H,15,19)(H,17,18). The minimum Gasteiger partial charge on any atom is -0.481 e. The summed E-state index contributed by atoms with van der Waals surface area (Å²) in [6.45, 7) is 2.68. The van der Waals surface area contributed by atoms with Crippen LogP contribution >= 0.6 is 0 Å². The van der Waals surface area contributed by atoms with Gasteiger partial charge in [0.2, 0.25) is 0 Å². The molecule has 5 heteroatoms. The Hall–Kier alpha value is -1.26. The molecule has 5 nitrogen and oxygen atoms in total. The Kier molecular flexibility index (Phi) is 6.67. The lowest BCUT2D eigenvalue weighted by atomic mass is 9.97. The molecule has 0 aliphatic heterocycles. The Bertz CT molecular complexity index is 307. The second-order valence-corrected chi connectivity index (χ2v) is 5.59. The summed E-state index contributed by atoms with van der Waals surface area (Å²) in [4.78, 5) is 24.0. The van der Waals surface area contributed by atoms with Gasteiger partial charge >= 0.3 is 12.0 Å². The minimum absolute atomic E-state index is 0.0795. The molecule has 1 aliphatic carbocycles. The second kappa shape index (κ2) is 8.02. The van der Waals surface area contributed by atoms with Gasteiger partial charge in [0.15, 0.2) is 0 Å². The fraction of sp³-hybridized carbons (Fsp3) is 0.857. The van der Waals surface area contributed by atoms with Gasteiger partial charge in [-0.1, -0.05) is 26.2 Å². The summed E-state index contributed by atoms with van der Waals surface area (Å²) in [7, 11) is 1.72. The van der Waals surface area contributed by atoms with E-state index in [0.717, 1.165) is 6.42 Å². The van der Waals surface area contributed by atoms with Crippen LogP contribution in [0.1, 0.15) is 51.9 Å². The number of amides is 2. The Morgan fingerprint density at radius 3 is 2.63 bits per heavy atom. The molecule has 0 bridgehead atoms. The third kappa shape index (κ3) is 5.94. The number of hydrogen-bond donors (Lipinski definition) is 2. The maximum Gasteiger partial charge on any atom is 0.317 e. The molecule has 0 spiro atoms. The average molecular weight is 270 g/mol. The fourth-order valence-corrected chi connectivity index (χ4v) is 2.55. The lowest BCUT2D eigenvalue weighted by molar-refractivity contribution is -0.137. The summed E-state index contributed by atoms with van der Waals surface area (Å²) in [5, 5.41) is 11.7. The Balaban J connectivity index is 2.33. The number of nitrogens with one attached hydrogen (secondary N) is 1. The van der Waals surface area contributed by atoms with Crippen molar-refractivity contribution in [3.63, 3.8) is 0 Å². The van der Waals surface area contributed by atoms with Gasteiger partial charge in [-0.05, 0) is 25.2 Å². The summed E-state index contributed by atoms with van der Waals surface area (Å²) < 4.78 is 0. The number of carboxylic acid groups (broad SMARTS) is 1. The van der Waals surface area contributed by atoms with Crippen LogP contribution in [0.15, 0.2) is 0 Å². The molecule has 2 atom stereocenters. The molecular weight excluding hydrogens is 244 g/mol. The van der Waals surface area contributed by atoms with Crippen molar-refractivity contribution in [2.45, 2.75) is 57.9 Å². The van der Waals surface area contributed by atoms with E-state index in [4.69, 9.17) is 5.11 Å².